The molecule has 6 unspecified atom stereocenters. The molecule has 2 fully saturated rings. The van der Waals surface area contributed by atoms with Crippen molar-refractivity contribution in [2.24, 2.45) is 0 Å². The van der Waals surface area contributed by atoms with Crippen LogP contribution >= 0.6 is 0 Å². The number of alkyl carbamates (subject to hydrolysis) is 3. The number of amides is 5. The quantitative estimate of drug-likeness (QED) is 0.0824. The maximum Gasteiger partial charge on any atom is 0.471 e. The molecule has 374 valence electrons. The van der Waals surface area contributed by atoms with Crippen LogP contribution in [0.5, 0.6) is 0 Å². The van der Waals surface area contributed by atoms with Crippen molar-refractivity contribution in [3.8, 4) is 0 Å². The van der Waals surface area contributed by atoms with Gasteiger partial charge in [-0.25, -0.2) is 14.4 Å². The maximum absolute atomic E-state index is 13.4. The maximum atomic E-state index is 13.4. The van der Waals surface area contributed by atoms with Crippen molar-refractivity contribution < 1.29 is 95.8 Å². The standard InChI is InChI=1S/C40H66F3N5O17/c1-11-12-22(50)30(54)45-20-15-21(47-36(58)65-39(8,9)10)29(27(53)28(20)62-32-26(52)24(25(51)23(17-49)60-32)48-33(55)40(41,42)43)61-31-19(46-35(57)64-38(5,6)7)14-13-18(59-31)16-44-34(56)63-37(2,3)4/h13-14,18-29,31-32,49-53H,11-12,15-17H2,1-10H3,(H,44,56)(H,45,54)(H,46,57)(H,47,58)(H,48,55)/t18?,19?,20-,21+,22+,23?,24+,25+,26?,27?,28-,29?,31+,32+/m1/s1. The molecule has 3 aliphatic rings. The summed E-state index contributed by atoms with van der Waals surface area (Å²) in [7, 11) is 0. The van der Waals surface area contributed by atoms with E-state index >= 15 is 0 Å². The predicted molar refractivity (Wildman–Crippen MR) is 217 cm³/mol. The van der Waals surface area contributed by atoms with E-state index in [0.29, 0.717) is 6.42 Å². The molecule has 1 saturated carbocycles. The molecule has 0 radical (unpaired) electrons. The van der Waals surface area contributed by atoms with E-state index in [1.807, 2.05) is 0 Å². The van der Waals surface area contributed by atoms with Gasteiger partial charge in [0, 0.05) is 0 Å². The lowest BCUT2D eigenvalue weighted by Crippen LogP contribution is -2.70. The van der Waals surface area contributed by atoms with E-state index in [-0.39, 0.29) is 13.0 Å². The number of aliphatic hydroxyl groups excluding tert-OH is 5. The molecule has 2 aliphatic heterocycles. The van der Waals surface area contributed by atoms with Gasteiger partial charge in [-0.05, 0) is 75.2 Å². The van der Waals surface area contributed by atoms with Crippen LogP contribution in [0, 0.1) is 0 Å². The first-order valence-electron chi connectivity index (χ1n) is 21.1. The molecule has 0 bridgehead atoms. The molecule has 3 rings (SSSR count). The minimum atomic E-state index is -5.48. The zero-order valence-electron chi connectivity index (χ0n) is 38.0. The predicted octanol–water partition coefficient (Wildman–Crippen LogP) is 0.246. The molecule has 25 heteroatoms. The third kappa shape index (κ3) is 17.3. The van der Waals surface area contributed by atoms with Crippen molar-refractivity contribution in [1.29, 1.82) is 0 Å². The van der Waals surface area contributed by atoms with Crippen molar-refractivity contribution in [1.82, 2.24) is 26.6 Å². The topological polar surface area (TPSA) is 311 Å². The molecular formula is C40H66F3N5O17. The summed E-state index contributed by atoms with van der Waals surface area (Å²) in [6, 6.07) is -6.25. The number of aliphatic hydroxyl groups is 5. The van der Waals surface area contributed by atoms with Gasteiger partial charge in [0.05, 0.1) is 37.4 Å². The van der Waals surface area contributed by atoms with Crippen LogP contribution in [0.3, 0.4) is 0 Å². The van der Waals surface area contributed by atoms with E-state index in [1.54, 1.807) is 69.2 Å². The van der Waals surface area contributed by atoms with Gasteiger partial charge in [-0.1, -0.05) is 25.5 Å². The highest BCUT2D eigenvalue weighted by Crippen LogP contribution is 2.33. The molecule has 0 aromatic carbocycles. The van der Waals surface area contributed by atoms with Gasteiger partial charge in [-0.3, -0.25) is 9.59 Å². The summed E-state index contributed by atoms with van der Waals surface area (Å²) in [5.41, 5.74) is -2.89. The zero-order chi connectivity index (χ0) is 49.4. The van der Waals surface area contributed by atoms with Crippen LogP contribution in [0.1, 0.15) is 88.5 Å². The van der Waals surface area contributed by atoms with Crippen LogP contribution in [-0.4, -0.2) is 177 Å². The van der Waals surface area contributed by atoms with E-state index in [4.69, 9.17) is 33.2 Å². The largest absolute Gasteiger partial charge is 0.471 e. The highest BCUT2D eigenvalue weighted by Gasteiger charge is 2.54. The van der Waals surface area contributed by atoms with Gasteiger partial charge >= 0.3 is 30.4 Å². The third-order valence-corrected chi connectivity index (χ3v) is 9.56. The minimum Gasteiger partial charge on any atom is -0.444 e. The molecule has 65 heavy (non-hydrogen) atoms. The van der Waals surface area contributed by atoms with Gasteiger partial charge in [0.1, 0.15) is 65.6 Å². The highest BCUT2D eigenvalue weighted by molar-refractivity contribution is 5.82. The van der Waals surface area contributed by atoms with Gasteiger partial charge in [0.25, 0.3) is 0 Å². The minimum absolute atomic E-state index is 0.0262. The Morgan fingerprint density at radius 2 is 1.23 bits per heavy atom. The van der Waals surface area contributed by atoms with Gasteiger partial charge in [0.15, 0.2) is 12.6 Å². The Balaban J connectivity index is 2.13. The molecule has 22 nitrogen and oxygen atoms in total. The van der Waals surface area contributed by atoms with Gasteiger partial charge in [-0.2, -0.15) is 13.2 Å². The summed E-state index contributed by atoms with van der Waals surface area (Å²) < 4.78 is 80.3. The van der Waals surface area contributed by atoms with Gasteiger partial charge < -0.3 is 85.3 Å². The molecule has 0 spiro atoms. The van der Waals surface area contributed by atoms with Crippen LogP contribution in [0.25, 0.3) is 0 Å². The Kier molecular flexibility index (Phi) is 19.2. The molecule has 1 aliphatic carbocycles. The Morgan fingerprint density at radius 3 is 1.75 bits per heavy atom. The first-order chi connectivity index (χ1) is 29.8. The van der Waals surface area contributed by atoms with Crippen LogP contribution in [-0.2, 0) is 42.7 Å². The molecule has 2 heterocycles. The summed E-state index contributed by atoms with van der Waals surface area (Å²) >= 11 is 0. The SMILES string of the molecule is CCC[C@H](O)C(=O)N[C@@H]1C[C@H](NC(=O)OC(C)(C)C)C(O[C@@H]2OC(CNC(=O)OC(C)(C)C)C=CC2NC(=O)OC(C)(C)C)C(O)[C@@H]1O[C@@H]1OC(CO)[C@H](O)[C@H](NC(=O)C(F)(F)F)C1O. The summed E-state index contributed by atoms with van der Waals surface area (Å²) in [5, 5.41) is 66.6. The fourth-order valence-corrected chi connectivity index (χ4v) is 6.82. The number of carbonyl (C=O) groups is 5. The van der Waals surface area contributed by atoms with E-state index < -0.39 is 152 Å². The molecule has 0 aromatic rings. The first kappa shape index (κ1) is 55.2. The lowest BCUT2D eigenvalue weighted by molar-refractivity contribution is -0.315. The molecule has 0 aromatic heterocycles. The number of rotatable bonds is 14. The fourth-order valence-electron chi connectivity index (χ4n) is 6.82. The lowest BCUT2D eigenvalue weighted by Gasteiger charge is -2.49. The second-order valence-corrected chi connectivity index (χ2v) is 18.8. The second-order valence-electron chi connectivity index (χ2n) is 18.8. The lowest BCUT2D eigenvalue weighted by atomic mass is 9.83. The van der Waals surface area contributed by atoms with E-state index in [2.05, 4.69) is 21.3 Å². The Morgan fingerprint density at radius 1 is 0.708 bits per heavy atom. The molecular weight excluding hydrogens is 879 g/mol. The van der Waals surface area contributed by atoms with Gasteiger partial charge in [-0.15, -0.1) is 0 Å². The summed E-state index contributed by atoms with van der Waals surface area (Å²) in [4.78, 5) is 64.2. The molecule has 10 N–H and O–H groups in total. The Labute approximate surface area is 374 Å². The molecule has 1 saturated heterocycles. The van der Waals surface area contributed by atoms with Crippen molar-refractivity contribution in [3.63, 3.8) is 0 Å². The number of hydrogen-bond acceptors (Lipinski definition) is 17. The third-order valence-electron chi connectivity index (χ3n) is 9.56. The highest BCUT2D eigenvalue weighted by atomic mass is 19.4. The monoisotopic (exact) mass is 945 g/mol. The van der Waals surface area contributed by atoms with Crippen molar-refractivity contribution in [2.45, 2.75) is 197 Å². The average Bonchev–Trinajstić information content (AvgIpc) is 3.14. The number of ether oxygens (including phenoxy) is 7. The van der Waals surface area contributed by atoms with Crippen molar-refractivity contribution in [2.75, 3.05) is 13.2 Å². The first-order valence-corrected chi connectivity index (χ1v) is 21.1. The number of nitrogens with one attached hydrogen (secondary N) is 5. The normalized spacial score (nSPS) is 31.4. The fraction of sp³-hybridized carbons (Fsp3) is 0.825. The number of alkyl halides is 3. The van der Waals surface area contributed by atoms with Crippen LogP contribution in [0.2, 0.25) is 0 Å². The van der Waals surface area contributed by atoms with Gasteiger partial charge in [0.2, 0.25) is 5.91 Å². The van der Waals surface area contributed by atoms with Crippen LogP contribution < -0.4 is 26.6 Å². The van der Waals surface area contributed by atoms with E-state index in [9.17, 15) is 62.7 Å². The Hall–Kier alpha value is -4.08. The number of halogens is 3. The molecule has 14 atom stereocenters. The number of hydrogen-bond donors (Lipinski definition) is 10. The smallest absolute Gasteiger partial charge is 0.444 e. The van der Waals surface area contributed by atoms with Crippen LogP contribution in [0.15, 0.2) is 12.2 Å². The number of carbonyl (C=O) groups excluding carboxylic acids is 5. The Bertz CT molecular complexity index is 1650. The van der Waals surface area contributed by atoms with E-state index in [0.717, 1.165) is 0 Å². The van der Waals surface area contributed by atoms with Crippen molar-refractivity contribution in [3.05, 3.63) is 12.2 Å². The molecule has 5 amide bonds. The van der Waals surface area contributed by atoms with Crippen LogP contribution in [0.4, 0.5) is 27.6 Å². The van der Waals surface area contributed by atoms with Crippen molar-refractivity contribution >= 4 is 30.1 Å². The van der Waals surface area contributed by atoms with E-state index in [1.165, 1.54) is 17.5 Å². The second kappa shape index (κ2) is 22.6. The summed E-state index contributed by atoms with van der Waals surface area (Å²) in [6.07, 6.45) is -23.7. The summed E-state index contributed by atoms with van der Waals surface area (Å²) in [6.45, 7) is 14.9. The zero-order valence-corrected chi connectivity index (χ0v) is 38.0. The average molecular weight is 946 g/mol. The summed E-state index contributed by atoms with van der Waals surface area (Å²) in [5.74, 6) is -3.55.